The number of para-hydroxylation sites is 1. The Morgan fingerprint density at radius 3 is 1.94 bits per heavy atom. The van der Waals surface area contributed by atoms with Crippen molar-refractivity contribution in [2.45, 2.75) is 51.9 Å². The second kappa shape index (κ2) is 7.76. The van der Waals surface area contributed by atoms with Gasteiger partial charge < -0.3 is 8.54 Å². The standard InChI is InChI=1S/C14H26O2Si2/c1-5-17(6-2)16-18(7-3,8-4)15-14-12-10-9-11-13-14/h9-13,17H,5-8H2,1-4H3. The van der Waals surface area contributed by atoms with Gasteiger partial charge in [0, 0.05) is 0 Å². The zero-order chi connectivity index (χ0) is 13.4. The van der Waals surface area contributed by atoms with E-state index in [4.69, 9.17) is 8.54 Å². The first kappa shape index (κ1) is 15.5. The predicted octanol–water partition coefficient (Wildman–Crippen LogP) is 4.33. The molecular formula is C14H26O2Si2. The van der Waals surface area contributed by atoms with Crippen molar-refractivity contribution in [2.75, 3.05) is 0 Å². The summed E-state index contributed by atoms with van der Waals surface area (Å²) in [5, 5.41) is 0. The van der Waals surface area contributed by atoms with E-state index in [2.05, 4.69) is 27.7 Å². The molecule has 1 rings (SSSR count). The number of benzene rings is 1. The average molecular weight is 283 g/mol. The van der Waals surface area contributed by atoms with E-state index in [0.717, 1.165) is 17.8 Å². The molecule has 0 saturated heterocycles. The minimum atomic E-state index is -2.03. The molecule has 0 aliphatic heterocycles. The monoisotopic (exact) mass is 282 g/mol. The zero-order valence-corrected chi connectivity index (χ0v) is 14.3. The summed E-state index contributed by atoms with van der Waals surface area (Å²) in [5.74, 6) is 0.966. The van der Waals surface area contributed by atoms with Crippen molar-refractivity contribution >= 4 is 17.6 Å². The van der Waals surface area contributed by atoms with Crippen LogP contribution in [0.1, 0.15) is 27.7 Å². The SMILES string of the molecule is CC[SiH](CC)O[Si](CC)(CC)Oc1ccccc1. The summed E-state index contributed by atoms with van der Waals surface area (Å²) < 4.78 is 12.8. The summed E-state index contributed by atoms with van der Waals surface area (Å²) in [5.41, 5.74) is 0. The van der Waals surface area contributed by atoms with Crippen LogP contribution in [0.25, 0.3) is 0 Å². The van der Waals surface area contributed by atoms with Crippen molar-refractivity contribution in [1.29, 1.82) is 0 Å². The van der Waals surface area contributed by atoms with Gasteiger partial charge in [-0.2, -0.15) is 0 Å². The molecule has 0 fully saturated rings. The molecule has 0 N–H and O–H groups in total. The summed E-state index contributed by atoms with van der Waals surface area (Å²) in [7, 11) is -3.08. The zero-order valence-electron chi connectivity index (χ0n) is 12.1. The molecule has 0 aliphatic rings. The lowest BCUT2D eigenvalue weighted by molar-refractivity contribution is 0.383. The molecule has 0 unspecified atom stereocenters. The number of hydrogen-bond donors (Lipinski definition) is 0. The molecule has 4 heteroatoms. The van der Waals surface area contributed by atoms with Crippen LogP contribution in [0.3, 0.4) is 0 Å². The number of hydrogen-bond acceptors (Lipinski definition) is 2. The Hall–Kier alpha value is -0.586. The lowest BCUT2D eigenvalue weighted by Gasteiger charge is -2.33. The minimum Gasteiger partial charge on any atom is -0.521 e. The lowest BCUT2D eigenvalue weighted by Crippen LogP contribution is -2.48. The van der Waals surface area contributed by atoms with Crippen molar-refractivity contribution in [3.8, 4) is 5.75 Å². The van der Waals surface area contributed by atoms with Gasteiger partial charge in [0.15, 0.2) is 9.04 Å². The summed E-state index contributed by atoms with van der Waals surface area (Å²) >= 11 is 0. The van der Waals surface area contributed by atoms with Crippen LogP contribution < -0.4 is 4.43 Å². The van der Waals surface area contributed by atoms with E-state index in [-0.39, 0.29) is 0 Å². The van der Waals surface area contributed by atoms with Crippen molar-refractivity contribution in [3.63, 3.8) is 0 Å². The van der Waals surface area contributed by atoms with Gasteiger partial charge in [0.25, 0.3) is 0 Å². The molecule has 0 aliphatic carbocycles. The third kappa shape index (κ3) is 4.26. The van der Waals surface area contributed by atoms with Gasteiger partial charge in [-0.25, -0.2) is 0 Å². The van der Waals surface area contributed by atoms with Gasteiger partial charge in [0.2, 0.25) is 0 Å². The van der Waals surface area contributed by atoms with Crippen molar-refractivity contribution in [2.24, 2.45) is 0 Å². The van der Waals surface area contributed by atoms with Crippen LogP contribution in [0.4, 0.5) is 0 Å². The largest absolute Gasteiger partial charge is 0.521 e. The molecule has 0 atom stereocenters. The molecule has 2 nitrogen and oxygen atoms in total. The molecule has 0 radical (unpaired) electrons. The maximum atomic E-state index is 6.49. The molecule has 102 valence electrons. The normalized spacial score (nSPS) is 11.8. The van der Waals surface area contributed by atoms with Crippen LogP contribution in [0.5, 0.6) is 5.75 Å². The molecule has 0 aromatic heterocycles. The number of rotatable bonds is 8. The molecule has 18 heavy (non-hydrogen) atoms. The van der Waals surface area contributed by atoms with Crippen LogP contribution in [0.2, 0.25) is 24.2 Å². The van der Waals surface area contributed by atoms with Gasteiger partial charge in [-0.05, 0) is 36.3 Å². The van der Waals surface area contributed by atoms with E-state index in [9.17, 15) is 0 Å². The molecule has 1 aromatic carbocycles. The van der Waals surface area contributed by atoms with E-state index >= 15 is 0 Å². The van der Waals surface area contributed by atoms with E-state index in [0.29, 0.717) is 0 Å². The second-order valence-corrected chi connectivity index (χ2v) is 11.8. The van der Waals surface area contributed by atoms with Crippen molar-refractivity contribution in [3.05, 3.63) is 30.3 Å². The first-order valence-corrected chi connectivity index (χ1v) is 11.4. The Morgan fingerprint density at radius 1 is 0.944 bits per heavy atom. The van der Waals surface area contributed by atoms with E-state index in [1.165, 1.54) is 12.1 Å². The highest BCUT2D eigenvalue weighted by molar-refractivity contribution is 6.76. The highest BCUT2D eigenvalue weighted by atomic mass is 28.4. The Labute approximate surface area is 114 Å². The highest BCUT2D eigenvalue weighted by Crippen LogP contribution is 2.24. The van der Waals surface area contributed by atoms with E-state index in [1.54, 1.807) is 0 Å². The van der Waals surface area contributed by atoms with E-state index < -0.39 is 17.6 Å². The second-order valence-electron chi connectivity index (χ2n) is 4.59. The van der Waals surface area contributed by atoms with E-state index in [1.807, 2.05) is 30.3 Å². The molecule has 0 heterocycles. The van der Waals surface area contributed by atoms with Crippen LogP contribution in [-0.4, -0.2) is 17.6 Å². The van der Waals surface area contributed by atoms with Gasteiger partial charge in [0.05, 0.1) is 0 Å². The molecule has 0 spiro atoms. The topological polar surface area (TPSA) is 18.5 Å². The Balaban J connectivity index is 2.79. The Kier molecular flexibility index (Phi) is 6.67. The van der Waals surface area contributed by atoms with Crippen molar-refractivity contribution < 1.29 is 8.54 Å². The van der Waals surface area contributed by atoms with Crippen molar-refractivity contribution in [1.82, 2.24) is 0 Å². The van der Waals surface area contributed by atoms with Gasteiger partial charge in [-0.1, -0.05) is 45.9 Å². The van der Waals surface area contributed by atoms with Crippen LogP contribution >= 0.6 is 0 Å². The van der Waals surface area contributed by atoms with Crippen LogP contribution in [0, 0.1) is 0 Å². The summed E-state index contributed by atoms with van der Waals surface area (Å²) in [6, 6.07) is 14.6. The molecule has 0 amide bonds. The van der Waals surface area contributed by atoms with Gasteiger partial charge in [-0.15, -0.1) is 0 Å². The van der Waals surface area contributed by atoms with Crippen LogP contribution in [0.15, 0.2) is 30.3 Å². The minimum absolute atomic E-state index is 0.966. The Bertz CT molecular complexity index is 322. The van der Waals surface area contributed by atoms with Gasteiger partial charge >= 0.3 is 8.56 Å². The summed E-state index contributed by atoms with van der Waals surface area (Å²) in [6.07, 6.45) is 0. The quantitative estimate of drug-likeness (QED) is 0.661. The van der Waals surface area contributed by atoms with Crippen LogP contribution in [-0.2, 0) is 4.12 Å². The maximum absolute atomic E-state index is 6.49. The fourth-order valence-electron chi connectivity index (χ4n) is 2.05. The fourth-order valence-corrected chi connectivity index (χ4v) is 9.27. The van der Waals surface area contributed by atoms with Gasteiger partial charge in [0.1, 0.15) is 5.75 Å². The maximum Gasteiger partial charge on any atom is 0.387 e. The smallest absolute Gasteiger partial charge is 0.387 e. The predicted molar refractivity (Wildman–Crippen MR) is 83.0 cm³/mol. The highest BCUT2D eigenvalue weighted by Gasteiger charge is 2.37. The molecule has 1 aromatic rings. The van der Waals surface area contributed by atoms with Gasteiger partial charge in [-0.3, -0.25) is 0 Å². The fraction of sp³-hybridized carbons (Fsp3) is 0.571. The first-order valence-electron chi connectivity index (χ1n) is 7.11. The summed E-state index contributed by atoms with van der Waals surface area (Å²) in [6.45, 7) is 8.89. The average Bonchev–Trinajstić information content (AvgIpc) is 2.44. The molecule has 0 saturated carbocycles. The third-order valence-electron chi connectivity index (χ3n) is 3.42. The molecule has 0 bridgehead atoms. The lowest BCUT2D eigenvalue weighted by atomic mass is 10.3. The first-order chi connectivity index (χ1) is 8.69. The summed E-state index contributed by atoms with van der Waals surface area (Å²) in [4.78, 5) is 0. The Morgan fingerprint density at radius 2 is 1.50 bits per heavy atom. The third-order valence-corrected chi connectivity index (χ3v) is 11.1. The molecular weight excluding hydrogens is 256 g/mol.